The number of hydrogen-bond donors (Lipinski definition) is 1. The molecule has 1 aromatic carbocycles. The molecule has 1 heterocycles. The van der Waals surface area contributed by atoms with Gasteiger partial charge in [0, 0.05) is 23.7 Å². The lowest BCUT2D eigenvalue weighted by atomic mass is 10.0. The van der Waals surface area contributed by atoms with E-state index >= 15 is 0 Å². The Kier molecular flexibility index (Phi) is 5.24. The van der Waals surface area contributed by atoms with Crippen molar-refractivity contribution in [1.82, 2.24) is 4.31 Å². The van der Waals surface area contributed by atoms with Gasteiger partial charge in [0.25, 0.3) is 0 Å². The molecule has 1 atom stereocenters. The van der Waals surface area contributed by atoms with Crippen molar-refractivity contribution in [2.45, 2.75) is 37.7 Å². The van der Waals surface area contributed by atoms with E-state index in [9.17, 15) is 12.8 Å². The fraction of sp³-hybridized carbons (Fsp3) is 0.571. The number of nitrogens with zero attached hydrogens (tertiary/aromatic N) is 1. The van der Waals surface area contributed by atoms with Crippen LogP contribution in [0, 0.1) is 11.7 Å². The summed E-state index contributed by atoms with van der Waals surface area (Å²) in [7, 11) is -3.91. The first-order valence-corrected chi connectivity index (χ1v) is 8.80. The lowest BCUT2D eigenvalue weighted by molar-refractivity contribution is 0.274. The summed E-state index contributed by atoms with van der Waals surface area (Å²) < 4.78 is 40.7. The van der Waals surface area contributed by atoms with Crippen LogP contribution in [-0.4, -0.2) is 30.9 Å². The summed E-state index contributed by atoms with van der Waals surface area (Å²) in [6, 6.07) is 2.35. The first-order chi connectivity index (χ1) is 9.90. The van der Waals surface area contributed by atoms with Crippen LogP contribution in [0.2, 0.25) is 5.02 Å². The first kappa shape index (κ1) is 16.7. The summed E-state index contributed by atoms with van der Waals surface area (Å²) >= 11 is 5.83. The van der Waals surface area contributed by atoms with Crippen LogP contribution >= 0.6 is 11.6 Å². The lowest BCUT2D eigenvalue weighted by Gasteiger charge is -2.18. The molecular weight excluding hydrogens is 317 g/mol. The minimum absolute atomic E-state index is 0.100. The summed E-state index contributed by atoms with van der Waals surface area (Å²) in [6.45, 7) is 2.28. The van der Waals surface area contributed by atoms with Gasteiger partial charge in [-0.25, -0.2) is 12.8 Å². The third kappa shape index (κ3) is 3.39. The number of halogens is 2. The van der Waals surface area contributed by atoms with Crippen molar-refractivity contribution in [1.29, 1.82) is 0 Å². The molecule has 1 unspecified atom stereocenters. The predicted molar refractivity (Wildman–Crippen MR) is 79.1 cm³/mol. The van der Waals surface area contributed by atoms with Crippen molar-refractivity contribution in [2.24, 2.45) is 5.92 Å². The Morgan fingerprint density at radius 3 is 2.81 bits per heavy atom. The van der Waals surface area contributed by atoms with Gasteiger partial charge in [-0.1, -0.05) is 24.9 Å². The maximum atomic E-state index is 14.2. The Morgan fingerprint density at radius 1 is 1.48 bits per heavy atom. The third-order valence-corrected chi connectivity index (χ3v) is 5.90. The molecule has 0 spiro atoms. The Balaban J connectivity index is 2.35. The van der Waals surface area contributed by atoms with E-state index in [2.05, 4.69) is 6.92 Å². The molecule has 118 valence electrons. The van der Waals surface area contributed by atoms with Crippen molar-refractivity contribution in [3.05, 3.63) is 28.5 Å². The highest BCUT2D eigenvalue weighted by Gasteiger charge is 2.34. The summed E-state index contributed by atoms with van der Waals surface area (Å²) in [6.07, 6.45) is 2.76. The highest BCUT2D eigenvalue weighted by Crippen LogP contribution is 2.30. The van der Waals surface area contributed by atoms with E-state index in [0.29, 0.717) is 19.0 Å². The Labute approximate surface area is 129 Å². The standard InChI is InChI=1S/C14H19ClFNO3S/c1-2-3-10-4-5-17(8-10)21(19,20)13-7-12(15)6-11(9-18)14(13)16/h6-7,10,18H,2-5,8-9H2,1H3. The lowest BCUT2D eigenvalue weighted by Crippen LogP contribution is -2.30. The number of aliphatic hydroxyl groups is 1. The quantitative estimate of drug-likeness (QED) is 0.900. The van der Waals surface area contributed by atoms with E-state index in [1.807, 2.05) is 0 Å². The average molecular weight is 336 g/mol. The molecule has 0 amide bonds. The largest absolute Gasteiger partial charge is 0.392 e. The second-order valence-corrected chi connectivity index (χ2v) is 7.68. The molecule has 7 heteroatoms. The zero-order valence-electron chi connectivity index (χ0n) is 11.8. The summed E-state index contributed by atoms with van der Waals surface area (Å²) in [5.41, 5.74) is -0.106. The van der Waals surface area contributed by atoms with Gasteiger partial charge >= 0.3 is 0 Å². The highest BCUT2D eigenvalue weighted by atomic mass is 35.5. The number of rotatable bonds is 5. The minimum atomic E-state index is -3.91. The number of sulfonamides is 1. The smallest absolute Gasteiger partial charge is 0.246 e. The molecule has 0 bridgehead atoms. The molecule has 1 aliphatic heterocycles. The number of benzene rings is 1. The predicted octanol–water partition coefficient (Wildman–Crippen LogP) is 2.78. The molecule has 0 aliphatic carbocycles. The van der Waals surface area contributed by atoms with Gasteiger partial charge in [0.05, 0.1) is 6.61 Å². The second kappa shape index (κ2) is 6.60. The topological polar surface area (TPSA) is 57.6 Å². The van der Waals surface area contributed by atoms with Crippen LogP contribution in [0.3, 0.4) is 0 Å². The van der Waals surface area contributed by atoms with E-state index in [1.165, 1.54) is 10.4 Å². The molecule has 1 saturated heterocycles. The van der Waals surface area contributed by atoms with E-state index < -0.39 is 27.3 Å². The van der Waals surface area contributed by atoms with Gasteiger partial charge in [0.1, 0.15) is 10.7 Å². The Bertz CT molecular complexity index is 621. The van der Waals surface area contributed by atoms with E-state index in [1.54, 1.807) is 0 Å². The van der Waals surface area contributed by atoms with Gasteiger partial charge < -0.3 is 5.11 Å². The number of hydrogen-bond acceptors (Lipinski definition) is 3. The van der Waals surface area contributed by atoms with Crippen LogP contribution in [0.5, 0.6) is 0 Å². The second-order valence-electron chi connectivity index (χ2n) is 5.34. The maximum Gasteiger partial charge on any atom is 0.246 e. The summed E-state index contributed by atoms with van der Waals surface area (Å²) in [5.74, 6) is -0.592. The zero-order valence-corrected chi connectivity index (χ0v) is 13.4. The van der Waals surface area contributed by atoms with E-state index in [-0.39, 0.29) is 10.6 Å². The van der Waals surface area contributed by atoms with Crippen LogP contribution < -0.4 is 0 Å². The molecule has 1 N–H and O–H groups in total. The van der Waals surface area contributed by atoms with Gasteiger partial charge in [0.2, 0.25) is 10.0 Å². The third-order valence-electron chi connectivity index (χ3n) is 3.81. The van der Waals surface area contributed by atoms with E-state index in [0.717, 1.165) is 25.3 Å². The van der Waals surface area contributed by atoms with Crippen molar-refractivity contribution in [3.63, 3.8) is 0 Å². The molecule has 1 aromatic rings. The van der Waals surface area contributed by atoms with Gasteiger partial charge in [-0.2, -0.15) is 4.31 Å². The monoisotopic (exact) mass is 335 g/mol. The fourth-order valence-corrected chi connectivity index (χ4v) is 4.69. The molecule has 4 nitrogen and oxygen atoms in total. The van der Waals surface area contributed by atoms with Crippen molar-refractivity contribution in [2.75, 3.05) is 13.1 Å². The van der Waals surface area contributed by atoms with Gasteiger partial charge in [-0.15, -0.1) is 0 Å². The van der Waals surface area contributed by atoms with E-state index in [4.69, 9.17) is 16.7 Å². The Hall–Kier alpha value is -0.690. The van der Waals surface area contributed by atoms with Gasteiger partial charge in [0.15, 0.2) is 0 Å². The highest BCUT2D eigenvalue weighted by molar-refractivity contribution is 7.89. The van der Waals surface area contributed by atoms with Crippen molar-refractivity contribution >= 4 is 21.6 Å². The van der Waals surface area contributed by atoms with Crippen LogP contribution in [0.15, 0.2) is 17.0 Å². The van der Waals surface area contributed by atoms with Crippen molar-refractivity contribution in [3.8, 4) is 0 Å². The number of aliphatic hydroxyl groups excluding tert-OH is 1. The molecule has 21 heavy (non-hydrogen) atoms. The molecule has 0 aromatic heterocycles. The zero-order chi connectivity index (χ0) is 15.6. The van der Waals surface area contributed by atoms with Gasteiger partial charge in [-0.05, 0) is 30.9 Å². The van der Waals surface area contributed by atoms with Crippen molar-refractivity contribution < 1.29 is 17.9 Å². The normalized spacial score (nSPS) is 20.1. The first-order valence-electron chi connectivity index (χ1n) is 6.99. The Morgan fingerprint density at radius 2 is 2.19 bits per heavy atom. The molecule has 2 rings (SSSR count). The summed E-state index contributed by atoms with van der Waals surface area (Å²) in [5, 5.41) is 9.20. The summed E-state index contributed by atoms with van der Waals surface area (Å²) in [4.78, 5) is -0.448. The van der Waals surface area contributed by atoms with Gasteiger partial charge in [-0.3, -0.25) is 0 Å². The SMILES string of the molecule is CCCC1CCN(S(=O)(=O)c2cc(Cl)cc(CO)c2F)C1. The molecule has 0 radical (unpaired) electrons. The molecule has 0 saturated carbocycles. The van der Waals surface area contributed by atoms with Crippen LogP contribution in [0.25, 0.3) is 0 Å². The molecular formula is C14H19ClFNO3S. The average Bonchev–Trinajstić information content (AvgIpc) is 2.90. The maximum absolute atomic E-state index is 14.2. The van der Waals surface area contributed by atoms with Crippen LogP contribution in [0.4, 0.5) is 4.39 Å². The fourth-order valence-electron chi connectivity index (χ4n) is 2.72. The molecule has 1 fully saturated rings. The molecule has 1 aliphatic rings. The van der Waals surface area contributed by atoms with Crippen LogP contribution in [-0.2, 0) is 16.6 Å². The van der Waals surface area contributed by atoms with Crippen LogP contribution in [0.1, 0.15) is 31.7 Å². The minimum Gasteiger partial charge on any atom is -0.392 e.